The molecule has 96 valence electrons. The van der Waals surface area contributed by atoms with Gasteiger partial charge in [-0.3, -0.25) is 4.68 Å². The summed E-state index contributed by atoms with van der Waals surface area (Å²) in [6.45, 7) is 2.78. The lowest BCUT2D eigenvalue weighted by Crippen LogP contribution is -2.46. The number of rotatable bonds is 4. The summed E-state index contributed by atoms with van der Waals surface area (Å²) >= 11 is 0. The van der Waals surface area contributed by atoms with Gasteiger partial charge >= 0.3 is 0 Å². The van der Waals surface area contributed by atoms with Crippen LogP contribution in [-0.2, 0) is 11.8 Å². The Hall–Kier alpha value is -0.870. The first kappa shape index (κ1) is 12.6. The van der Waals surface area contributed by atoms with Crippen LogP contribution < -0.4 is 5.73 Å². The van der Waals surface area contributed by atoms with Crippen molar-refractivity contribution in [2.45, 2.75) is 50.7 Å². The average Bonchev–Trinajstić information content (AvgIpc) is 2.76. The highest BCUT2D eigenvalue weighted by atomic mass is 16.5. The normalized spacial score (nSPS) is 21.4. The zero-order valence-corrected chi connectivity index (χ0v) is 10.9. The van der Waals surface area contributed by atoms with E-state index in [0.29, 0.717) is 0 Å². The van der Waals surface area contributed by atoms with Crippen LogP contribution in [0.15, 0.2) is 12.3 Å². The van der Waals surface area contributed by atoms with Gasteiger partial charge in [0.25, 0.3) is 0 Å². The Balaban J connectivity index is 2.23. The zero-order chi connectivity index (χ0) is 12.3. The summed E-state index contributed by atoms with van der Waals surface area (Å²) < 4.78 is 7.91. The maximum absolute atomic E-state index is 6.45. The highest BCUT2D eigenvalue weighted by Crippen LogP contribution is 2.39. The van der Waals surface area contributed by atoms with E-state index in [2.05, 4.69) is 5.10 Å². The molecule has 1 saturated carbocycles. The monoisotopic (exact) mass is 237 g/mol. The Bertz CT molecular complexity index is 350. The fourth-order valence-electron chi connectivity index (χ4n) is 2.94. The quantitative estimate of drug-likeness (QED) is 0.873. The number of nitrogens with zero attached hydrogens (tertiary/aromatic N) is 2. The number of hydrogen-bond acceptors (Lipinski definition) is 3. The van der Waals surface area contributed by atoms with E-state index in [9.17, 15) is 0 Å². The van der Waals surface area contributed by atoms with Crippen molar-refractivity contribution in [1.29, 1.82) is 0 Å². The van der Waals surface area contributed by atoms with Crippen LogP contribution in [0, 0.1) is 0 Å². The summed E-state index contributed by atoms with van der Waals surface area (Å²) in [5.74, 6) is 0. The molecule has 0 amide bonds. The Kier molecular flexibility index (Phi) is 3.84. The Labute approximate surface area is 103 Å². The molecule has 0 spiro atoms. The van der Waals surface area contributed by atoms with Crippen LogP contribution in [0.4, 0.5) is 0 Å². The topological polar surface area (TPSA) is 53.1 Å². The van der Waals surface area contributed by atoms with E-state index in [-0.39, 0.29) is 11.6 Å². The molecule has 1 aromatic rings. The third-order valence-electron chi connectivity index (χ3n) is 3.88. The van der Waals surface area contributed by atoms with Gasteiger partial charge in [0.15, 0.2) is 0 Å². The minimum Gasteiger partial charge on any atom is -0.373 e. The van der Waals surface area contributed by atoms with Gasteiger partial charge in [-0.1, -0.05) is 19.3 Å². The van der Waals surface area contributed by atoms with E-state index in [1.54, 1.807) is 6.20 Å². The maximum Gasteiger partial charge on any atom is 0.0889 e. The van der Waals surface area contributed by atoms with Gasteiger partial charge in [0, 0.05) is 19.9 Å². The third kappa shape index (κ3) is 2.38. The molecule has 2 rings (SSSR count). The summed E-state index contributed by atoms with van der Waals surface area (Å²) in [5, 5.41) is 4.20. The van der Waals surface area contributed by atoms with Gasteiger partial charge in [0.2, 0.25) is 0 Å². The molecule has 0 aliphatic heterocycles. The van der Waals surface area contributed by atoms with Crippen molar-refractivity contribution in [2.75, 3.05) is 6.61 Å². The van der Waals surface area contributed by atoms with Crippen molar-refractivity contribution >= 4 is 0 Å². The van der Waals surface area contributed by atoms with Crippen molar-refractivity contribution in [3.63, 3.8) is 0 Å². The maximum atomic E-state index is 6.45. The molecule has 2 N–H and O–H groups in total. The lowest BCUT2D eigenvalue weighted by Gasteiger charge is -2.41. The van der Waals surface area contributed by atoms with Crippen molar-refractivity contribution in [1.82, 2.24) is 9.78 Å². The van der Waals surface area contributed by atoms with Crippen molar-refractivity contribution < 1.29 is 4.74 Å². The number of hydrogen-bond donors (Lipinski definition) is 1. The van der Waals surface area contributed by atoms with E-state index in [0.717, 1.165) is 25.1 Å². The van der Waals surface area contributed by atoms with Crippen LogP contribution in [0.5, 0.6) is 0 Å². The molecule has 0 radical (unpaired) electrons. The van der Waals surface area contributed by atoms with Crippen LogP contribution in [0.25, 0.3) is 0 Å². The molecular weight excluding hydrogens is 214 g/mol. The van der Waals surface area contributed by atoms with Gasteiger partial charge in [-0.2, -0.15) is 5.10 Å². The van der Waals surface area contributed by atoms with E-state index < -0.39 is 0 Å². The van der Waals surface area contributed by atoms with Crippen molar-refractivity contribution in [3.8, 4) is 0 Å². The molecular formula is C13H23N3O. The second kappa shape index (κ2) is 5.19. The van der Waals surface area contributed by atoms with Crippen LogP contribution in [0.3, 0.4) is 0 Å². The van der Waals surface area contributed by atoms with E-state index in [1.165, 1.54) is 19.3 Å². The molecule has 1 aliphatic carbocycles. The van der Waals surface area contributed by atoms with Gasteiger partial charge < -0.3 is 10.5 Å². The summed E-state index contributed by atoms with van der Waals surface area (Å²) in [6, 6.07) is 1.93. The molecule has 0 bridgehead atoms. The van der Waals surface area contributed by atoms with E-state index >= 15 is 0 Å². The Morgan fingerprint density at radius 3 is 2.71 bits per heavy atom. The minimum atomic E-state index is -0.180. The predicted molar refractivity (Wildman–Crippen MR) is 67.6 cm³/mol. The SMILES string of the molecule is CCOC1(C(N)c2ccnn2C)CCCCC1. The molecule has 4 heteroatoms. The van der Waals surface area contributed by atoms with Crippen LogP contribution in [-0.4, -0.2) is 22.0 Å². The van der Waals surface area contributed by atoms with Crippen LogP contribution in [0.1, 0.15) is 50.8 Å². The second-order valence-electron chi connectivity index (χ2n) is 4.92. The highest BCUT2D eigenvalue weighted by Gasteiger charge is 2.40. The Morgan fingerprint density at radius 1 is 1.47 bits per heavy atom. The molecule has 1 aromatic heterocycles. The minimum absolute atomic E-state index is 0.0738. The van der Waals surface area contributed by atoms with Crippen molar-refractivity contribution in [2.24, 2.45) is 12.8 Å². The average molecular weight is 237 g/mol. The van der Waals surface area contributed by atoms with Gasteiger partial charge in [0.1, 0.15) is 0 Å². The van der Waals surface area contributed by atoms with Gasteiger partial charge in [0.05, 0.1) is 17.3 Å². The summed E-state index contributed by atoms with van der Waals surface area (Å²) in [7, 11) is 1.94. The van der Waals surface area contributed by atoms with Crippen molar-refractivity contribution in [3.05, 3.63) is 18.0 Å². The number of nitrogens with two attached hydrogens (primary N) is 1. The third-order valence-corrected chi connectivity index (χ3v) is 3.88. The lowest BCUT2D eigenvalue weighted by molar-refractivity contribution is -0.0844. The summed E-state index contributed by atoms with van der Waals surface area (Å²) in [5.41, 5.74) is 7.34. The fourth-order valence-corrected chi connectivity index (χ4v) is 2.94. The van der Waals surface area contributed by atoms with Gasteiger partial charge in [-0.05, 0) is 25.8 Å². The first-order valence-electron chi connectivity index (χ1n) is 6.57. The van der Waals surface area contributed by atoms with Gasteiger partial charge in [-0.25, -0.2) is 0 Å². The summed E-state index contributed by atoms with van der Waals surface area (Å²) in [4.78, 5) is 0. The molecule has 0 aromatic carbocycles. The molecule has 0 saturated heterocycles. The number of ether oxygens (including phenoxy) is 1. The van der Waals surface area contributed by atoms with Gasteiger partial charge in [-0.15, -0.1) is 0 Å². The smallest absolute Gasteiger partial charge is 0.0889 e. The number of aromatic nitrogens is 2. The standard InChI is InChI=1S/C13H23N3O/c1-3-17-13(8-5-4-6-9-13)12(14)11-7-10-15-16(11)2/h7,10,12H,3-6,8-9,14H2,1-2H3. The molecule has 4 nitrogen and oxygen atoms in total. The lowest BCUT2D eigenvalue weighted by atomic mass is 9.78. The van der Waals surface area contributed by atoms with Crippen LogP contribution >= 0.6 is 0 Å². The molecule has 1 fully saturated rings. The largest absolute Gasteiger partial charge is 0.373 e. The highest BCUT2D eigenvalue weighted by molar-refractivity contribution is 5.13. The van der Waals surface area contributed by atoms with E-state index in [1.807, 2.05) is 24.7 Å². The molecule has 1 atom stereocenters. The predicted octanol–water partition coefficient (Wildman–Crippen LogP) is 2.16. The molecule has 17 heavy (non-hydrogen) atoms. The molecule has 1 heterocycles. The number of aryl methyl sites for hydroxylation is 1. The first-order chi connectivity index (χ1) is 8.19. The fraction of sp³-hybridized carbons (Fsp3) is 0.769. The Morgan fingerprint density at radius 2 is 2.18 bits per heavy atom. The molecule has 1 aliphatic rings. The second-order valence-corrected chi connectivity index (χ2v) is 4.92. The van der Waals surface area contributed by atoms with E-state index in [4.69, 9.17) is 10.5 Å². The summed E-state index contributed by atoms with van der Waals surface area (Å²) in [6.07, 6.45) is 7.65. The zero-order valence-electron chi connectivity index (χ0n) is 10.9. The first-order valence-corrected chi connectivity index (χ1v) is 6.57. The molecule has 1 unspecified atom stereocenters. The van der Waals surface area contributed by atoms with Crippen LogP contribution in [0.2, 0.25) is 0 Å².